The number of ketones is 1. The van der Waals surface area contributed by atoms with Crippen molar-refractivity contribution >= 4 is 89.3 Å². The summed E-state index contributed by atoms with van der Waals surface area (Å²) in [5, 5.41) is 3.09. The molecular formula is C23H17BrCl2N2O5S2. The number of imide groups is 1. The summed E-state index contributed by atoms with van der Waals surface area (Å²) in [6, 6.07) is 10.7. The number of carbonyl (C=O) groups is 3. The van der Waals surface area contributed by atoms with E-state index in [0.29, 0.717) is 25.5 Å². The lowest BCUT2D eigenvalue weighted by molar-refractivity contribution is -0.118. The summed E-state index contributed by atoms with van der Waals surface area (Å²) in [7, 11) is -2.06. The summed E-state index contributed by atoms with van der Waals surface area (Å²) < 4.78 is 25.9. The molecule has 0 saturated carbocycles. The van der Waals surface area contributed by atoms with Gasteiger partial charge >= 0.3 is 0 Å². The molecular weight excluding hydrogens is 599 g/mol. The van der Waals surface area contributed by atoms with Gasteiger partial charge in [-0.1, -0.05) is 29.3 Å². The Morgan fingerprint density at radius 1 is 1.14 bits per heavy atom. The van der Waals surface area contributed by atoms with Crippen LogP contribution in [0.3, 0.4) is 0 Å². The largest absolute Gasteiger partial charge is 0.387 e. The fourth-order valence-electron chi connectivity index (χ4n) is 3.74. The standard InChI is InChI=1S/C23H17BrCl2N2O5S2/c1-27-18-8-13-9-21(30)28(23(31)15(13)10-16(18)24)19-3-2-12(7-17(19)25)6-14(29)11-35(32,33)22-5-4-20(26)34-22/h2-5,7-8,10,27H,6,9,11H2,1H3. The molecule has 1 aromatic heterocycles. The number of sulfone groups is 1. The topological polar surface area (TPSA) is 101 Å². The van der Waals surface area contributed by atoms with Gasteiger partial charge in [0.05, 0.1) is 21.5 Å². The molecule has 0 bridgehead atoms. The quantitative estimate of drug-likeness (QED) is 0.368. The van der Waals surface area contributed by atoms with E-state index in [1.807, 2.05) is 0 Å². The van der Waals surface area contributed by atoms with Gasteiger partial charge in [-0.15, -0.1) is 11.3 Å². The van der Waals surface area contributed by atoms with Crippen molar-refractivity contribution in [3.63, 3.8) is 0 Å². The Kier molecular flexibility index (Phi) is 7.40. The lowest BCUT2D eigenvalue weighted by Gasteiger charge is -2.28. The maximum Gasteiger partial charge on any atom is 0.265 e. The number of fused-ring (bicyclic) bond motifs is 1. The van der Waals surface area contributed by atoms with E-state index in [4.69, 9.17) is 23.2 Å². The summed E-state index contributed by atoms with van der Waals surface area (Å²) in [5.74, 6) is -2.14. The van der Waals surface area contributed by atoms with Crippen LogP contribution in [0.15, 0.2) is 51.1 Å². The number of benzene rings is 2. The number of nitrogens with zero attached hydrogens (tertiary/aromatic N) is 1. The number of thiophene rings is 1. The molecule has 12 heteroatoms. The number of halogens is 3. The molecule has 2 heterocycles. The van der Waals surface area contributed by atoms with E-state index < -0.39 is 33.2 Å². The number of rotatable bonds is 7. The number of amides is 2. The Morgan fingerprint density at radius 2 is 1.89 bits per heavy atom. The Labute approximate surface area is 224 Å². The van der Waals surface area contributed by atoms with Crippen molar-refractivity contribution in [1.82, 2.24) is 0 Å². The average molecular weight is 616 g/mol. The predicted molar refractivity (Wildman–Crippen MR) is 141 cm³/mol. The molecule has 7 nitrogen and oxygen atoms in total. The Bertz CT molecular complexity index is 1490. The number of nitrogens with one attached hydrogen (secondary N) is 1. The van der Waals surface area contributed by atoms with Crippen LogP contribution in [0.25, 0.3) is 0 Å². The molecule has 0 unspecified atom stereocenters. The fraction of sp³-hybridized carbons (Fsp3) is 0.174. The van der Waals surface area contributed by atoms with E-state index in [1.54, 1.807) is 25.2 Å². The molecule has 0 fully saturated rings. The molecule has 0 aliphatic carbocycles. The number of anilines is 2. The highest BCUT2D eigenvalue weighted by Crippen LogP contribution is 2.35. The van der Waals surface area contributed by atoms with Crippen molar-refractivity contribution in [2.24, 2.45) is 0 Å². The summed E-state index contributed by atoms with van der Waals surface area (Å²) in [6.45, 7) is 0. The number of carbonyl (C=O) groups excluding carboxylic acids is 3. The van der Waals surface area contributed by atoms with Crippen molar-refractivity contribution in [2.75, 3.05) is 23.0 Å². The maximum atomic E-state index is 13.2. The Morgan fingerprint density at radius 3 is 2.51 bits per heavy atom. The van der Waals surface area contributed by atoms with Crippen molar-refractivity contribution < 1.29 is 22.8 Å². The van der Waals surface area contributed by atoms with Gasteiger partial charge in [-0.25, -0.2) is 13.3 Å². The SMILES string of the molecule is CNc1cc2c(cc1Br)C(=O)N(c1ccc(CC(=O)CS(=O)(=O)c3ccc(Cl)s3)cc1Cl)C(=O)C2. The second-order valence-electron chi connectivity index (χ2n) is 7.77. The third-order valence-electron chi connectivity index (χ3n) is 5.35. The fourth-order valence-corrected chi connectivity index (χ4v) is 7.38. The van der Waals surface area contributed by atoms with Crippen molar-refractivity contribution in [2.45, 2.75) is 17.1 Å². The molecule has 0 spiro atoms. The van der Waals surface area contributed by atoms with Crippen LogP contribution in [0.2, 0.25) is 9.36 Å². The van der Waals surface area contributed by atoms with Crippen LogP contribution in [0.1, 0.15) is 21.5 Å². The molecule has 0 radical (unpaired) electrons. The molecule has 1 N–H and O–H groups in total. The lowest BCUT2D eigenvalue weighted by Crippen LogP contribution is -2.42. The van der Waals surface area contributed by atoms with Crippen LogP contribution >= 0.6 is 50.5 Å². The summed E-state index contributed by atoms with van der Waals surface area (Å²) in [4.78, 5) is 39.5. The monoisotopic (exact) mass is 614 g/mol. The normalized spacial score (nSPS) is 13.7. The molecule has 2 amide bonds. The minimum absolute atomic E-state index is 0.0181. The van der Waals surface area contributed by atoms with Gasteiger partial charge in [0.1, 0.15) is 9.96 Å². The van der Waals surface area contributed by atoms with Gasteiger partial charge in [0.25, 0.3) is 5.91 Å². The van der Waals surface area contributed by atoms with Crippen LogP contribution in [0.4, 0.5) is 11.4 Å². The van der Waals surface area contributed by atoms with Gasteiger partial charge in [0, 0.05) is 29.2 Å². The van der Waals surface area contributed by atoms with E-state index in [0.717, 1.165) is 21.9 Å². The summed E-state index contributed by atoms with van der Waals surface area (Å²) >= 11 is 16.5. The first-order valence-electron chi connectivity index (χ1n) is 10.2. The first kappa shape index (κ1) is 25.8. The molecule has 35 heavy (non-hydrogen) atoms. The Hall–Kier alpha value is -2.24. The number of hydrogen-bond donors (Lipinski definition) is 1. The van der Waals surface area contributed by atoms with E-state index >= 15 is 0 Å². The molecule has 4 rings (SSSR count). The van der Waals surface area contributed by atoms with E-state index in [2.05, 4.69) is 21.2 Å². The van der Waals surface area contributed by atoms with Crippen molar-refractivity contribution in [3.8, 4) is 0 Å². The average Bonchev–Trinajstić information content (AvgIpc) is 3.22. The van der Waals surface area contributed by atoms with Gasteiger partial charge < -0.3 is 5.32 Å². The summed E-state index contributed by atoms with van der Waals surface area (Å²) in [6.07, 6.45) is -0.160. The van der Waals surface area contributed by atoms with Gasteiger partial charge in [-0.05, 0) is 63.5 Å². The zero-order chi connectivity index (χ0) is 25.5. The number of Topliss-reactive ketones (excluding diaryl/α,β-unsaturated/α-hetero) is 1. The minimum Gasteiger partial charge on any atom is -0.387 e. The highest BCUT2D eigenvalue weighted by molar-refractivity contribution is 9.10. The second kappa shape index (κ2) is 10.0. The number of hydrogen-bond acceptors (Lipinski definition) is 7. The summed E-state index contributed by atoms with van der Waals surface area (Å²) in [5.41, 5.74) is 2.40. The highest BCUT2D eigenvalue weighted by Gasteiger charge is 2.34. The van der Waals surface area contributed by atoms with Crippen molar-refractivity contribution in [3.05, 3.63) is 73.0 Å². The molecule has 0 saturated heterocycles. The zero-order valence-electron chi connectivity index (χ0n) is 18.1. The van der Waals surface area contributed by atoms with E-state index in [1.165, 1.54) is 24.3 Å². The zero-order valence-corrected chi connectivity index (χ0v) is 22.8. The third kappa shape index (κ3) is 5.31. The maximum absolute atomic E-state index is 13.2. The third-order valence-corrected chi connectivity index (χ3v) is 9.79. The van der Waals surface area contributed by atoms with Crippen LogP contribution in [-0.4, -0.2) is 38.8 Å². The lowest BCUT2D eigenvalue weighted by atomic mass is 9.97. The van der Waals surface area contributed by atoms with Crippen LogP contribution in [0.5, 0.6) is 0 Å². The first-order chi connectivity index (χ1) is 16.5. The highest BCUT2D eigenvalue weighted by atomic mass is 79.9. The Balaban J connectivity index is 1.54. The smallest absolute Gasteiger partial charge is 0.265 e. The van der Waals surface area contributed by atoms with Crippen molar-refractivity contribution in [1.29, 1.82) is 0 Å². The molecule has 2 aromatic carbocycles. The van der Waals surface area contributed by atoms with Gasteiger partial charge in [-0.3, -0.25) is 14.4 Å². The van der Waals surface area contributed by atoms with Gasteiger partial charge in [-0.2, -0.15) is 0 Å². The molecule has 1 aliphatic heterocycles. The van der Waals surface area contributed by atoms with Gasteiger partial charge in [0.2, 0.25) is 5.91 Å². The van der Waals surface area contributed by atoms with Gasteiger partial charge in [0.15, 0.2) is 15.6 Å². The molecule has 3 aromatic rings. The van der Waals surface area contributed by atoms with Crippen LogP contribution < -0.4 is 10.2 Å². The molecule has 1 aliphatic rings. The second-order valence-corrected chi connectivity index (χ2v) is 13.0. The van der Waals surface area contributed by atoms with E-state index in [-0.39, 0.29) is 27.8 Å². The first-order valence-corrected chi connectivity index (χ1v) is 14.2. The van der Waals surface area contributed by atoms with Crippen LogP contribution in [-0.2, 0) is 32.3 Å². The van der Waals surface area contributed by atoms with Crippen LogP contribution in [0, 0.1) is 0 Å². The molecule has 182 valence electrons. The minimum atomic E-state index is -3.80. The van der Waals surface area contributed by atoms with E-state index in [9.17, 15) is 22.8 Å². The predicted octanol–water partition coefficient (Wildman–Crippen LogP) is 5.17. The molecule has 0 atom stereocenters.